The summed E-state index contributed by atoms with van der Waals surface area (Å²) in [5, 5.41) is 0. The molecule has 1 aromatic carbocycles. The Morgan fingerprint density at radius 1 is 1.17 bits per heavy atom. The number of hydrogen-bond donors (Lipinski definition) is 0. The van der Waals surface area contributed by atoms with Crippen molar-refractivity contribution in [2.45, 2.75) is 26.1 Å². The lowest BCUT2D eigenvalue weighted by atomic mass is 10.2. The fraction of sp³-hybridized carbons (Fsp3) is 0.294. The van der Waals surface area contributed by atoms with Gasteiger partial charge in [-0.3, -0.25) is 4.79 Å². The monoisotopic (exact) mass is 324 g/mol. The number of Topliss-reactive ketones (excluding diaryl/α,β-unsaturated/α-hetero) is 1. The molecule has 0 atom stereocenters. The Morgan fingerprint density at radius 3 is 2.48 bits per heavy atom. The van der Waals surface area contributed by atoms with Gasteiger partial charge in [0, 0.05) is 24.1 Å². The molecule has 0 saturated heterocycles. The third-order valence-corrected chi connectivity index (χ3v) is 3.29. The van der Waals surface area contributed by atoms with Gasteiger partial charge in [-0.2, -0.15) is 13.2 Å². The minimum absolute atomic E-state index is 0.00466. The van der Waals surface area contributed by atoms with Crippen LogP contribution in [0, 0.1) is 0 Å². The second-order valence-electron chi connectivity index (χ2n) is 5.11. The third-order valence-electron chi connectivity index (χ3n) is 3.29. The summed E-state index contributed by atoms with van der Waals surface area (Å²) in [6.07, 6.45) is -0.143. The van der Waals surface area contributed by atoms with Gasteiger partial charge in [-0.05, 0) is 25.1 Å². The number of aromatic nitrogens is 1. The van der Waals surface area contributed by atoms with E-state index in [1.54, 1.807) is 24.5 Å². The molecule has 122 valence electrons. The minimum Gasteiger partial charge on any atom is -0.493 e. The first-order chi connectivity index (χ1) is 10.9. The topological polar surface area (TPSA) is 30.2 Å². The van der Waals surface area contributed by atoms with E-state index in [-0.39, 0.29) is 11.5 Å². The second-order valence-corrected chi connectivity index (χ2v) is 5.11. The van der Waals surface area contributed by atoms with E-state index in [0.29, 0.717) is 25.1 Å². The summed E-state index contributed by atoms with van der Waals surface area (Å²) < 4.78 is 45.0. The average Bonchev–Trinajstić information content (AvgIpc) is 2.51. The largest absolute Gasteiger partial charge is 0.493 e. The van der Waals surface area contributed by atoms with Gasteiger partial charge in [0.15, 0.2) is 24.7 Å². The van der Waals surface area contributed by atoms with Crippen LogP contribution in [0.1, 0.15) is 29.3 Å². The lowest BCUT2D eigenvalue weighted by Gasteiger charge is -2.09. The molecule has 3 nitrogen and oxygen atoms in total. The van der Waals surface area contributed by atoms with Crippen LogP contribution < -0.4 is 9.30 Å². The quantitative estimate of drug-likeness (QED) is 0.461. The molecule has 0 spiro atoms. The highest BCUT2D eigenvalue weighted by Gasteiger charge is 2.30. The highest BCUT2D eigenvalue weighted by molar-refractivity contribution is 5.93. The van der Waals surface area contributed by atoms with E-state index in [1.807, 2.05) is 4.57 Å². The standard InChI is InChI=1S/C17H17F3NO2/c1-13(22)14-6-9-21(10-7-14)8-3-11-23-16-5-2-4-15(12-16)17(18,19)20/h2,4-7,9-10,12H,3,8,11H2,1H3/q+1. The number of rotatable bonds is 6. The summed E-state index contributed by atoms with van der Waals surface area (Å²) in [5.41, 5.74) is -0.0781. The number of nitrogens with zero attached hydrogens (tertiary/aromatic N) is 1. The molecule has 0 unspecified atom stereocenters. The number of hydrogen-bond acceptors (Lipinski definition) is 2. The molecular weight excluding hydrogens is 307 g/mol. The predicted molar refractivity (Wildman–Crippen MR) is 78.2 cm³/mol. The average molecular weight is 324 g/mol. The molecule has 0 aliphatic rings. The van der Waals surface area contributed by atoms with Crippen molar-refractivity contribution < 1.29 is 27.3 Å². The Morgan fingerprint density at radius 2 is 1.87 bits per heavy atom. The van der Waals surface area contributed by atoms with Crippen LogP contribution in [0.15, 0.2) is 48.8 Å². The van der Waals surface area contributed by atoms with E-state index in [1.165, 1.54) is 19.1 Å². The Hall–Kier alpha value is -2.37. The fourth-order valence-electron chi connectivity index (χ4n) is 2.04. The van der Waals surface area contributed by atoms with Gasteiger partial charge < -0.3 is 4.74 Å². The maximum absolute atomic E-state index is 12.6. The minimum atomic E-state index is -4.37. The van der Waals surface area contributed by atoms with Gasteiger partial charge in [-0.25, -0.2) is 4.57 Å². The molecule has 0 aliphatic heterocycles. The van der Waals surface area contributed by atoms with Gasteiger partial charge in [0.05, 0.1) is 12.2 Å². The van der Waals surface area contributed by atoms with Crippen LogP contribution in [-0.4, -0.2) is 12.4 Å². The Labute approximate surface area is 132 Å². The molecule has 1 aromatic heterocycles. The van der Waals surface area contributed by atoms with E-state index in [2.05, 4.69) is 0 Å². The number of carbonyl (C=O) groups is 1. The van der Waals surface area contributed by atoms with Crippen LogP contribution in [0.5, 0.6) is 5.75 Å². The zero-order valence-corrected chi connectivity index (χ0v) is 12.6. The van der Waals surface area contributed by atoms with E-state index in [4.69, 9.17) is 4.74 Å². The molecule has 0 N–H and O–H groups in total. The number of ether oxygens (including phenoxy) is 1. The summed E-state index contributed by atoms with van der Waals surface area (Å²) in [4.78, 5) is 11.2. The number of halogens is 3. The lowest BCUT2D eigenvalue weighted by molar-refractivity contribution is -0.697. The molecule has 6 heteroatoms. The normalized spacial score (nSPS) is 11.3. The molecule has 2 aromatic rings. The van der Waals surface area contributed by atoms with Crippen LogP contribution in [0.3, 0.4) is 0 Å². The van der Waals surface area contributed by atoms with E-state index in [0.717, 1.165) is 12.1 Å². The Bertz CT molecular complexity index is 666. The molecule has 0 aliphatic carbocycles. The molecule has 0 amide bonds. The van der Waals surface area contributed by atoms with Crippen LogP contribution >= 0.6 is 0 Å². The van der Waals surface area contributed by atoms with Crippen LogP contribution in [-0.2, 0) is 12.7 Å². The van der Waals surface area contributed by atoms with Crippen molar-refractivity contribution >= 4 is 5.78 Å². The third kappa shape index (κ3) is 5.09. The van der Waals surface area contributed by atoms with Gasteiger partial charge in [0.2, 0.25) is 0 Å². The Kier molecular flexibility index (Phi) is 5.36. The van der Waals surface area contributed by atoms with Gasteiger partial charge >= 0.3 is 6.18 Å². The molecule has 23 heavy (non-hydrogen) atoms. The van der Waals surface area contributed by atoms with Crippen molar-refractivity contribution in [3.63, 3.8) is 0 Å². The van der Waals surface area contributed by atoms with Gasteiger partial charge in [0.25, 0.3) is 0 Å². The maximum Gasteiger partial charge on any atom is 0.416 e. The Balaban J connectivity index is 1.82. The molecule has 1 heterocycles. The first kappa shape index (κ1) is 17.0. The highest BCUT2D eigenvalue weighted by atomic mass is 19.4. The molecular formula is C17H17F3NO2+. The van der Waals surface area contributed by atoms with E-state index >= 15 is 0 Å². The number of benzene rings is 1. The first-order valence-electron chi connectivity index (χ1n) is 7.16. The van der Waals surface area contributed by atoms with Crippen LogP contribution in [0.4, 0.5) is 13.2 Å². The zero-order valence-electron chi connectivity index (χ0n) is 12.6. The number of carbonyl (C=O) groups excluding carboxylic acids is 1. The molecule has 0 bridgehead atoms. The van der Waals surface area contributed by atoms with Gasteiger partial charge in [0.1, 0.15) is 5.75 Å². The summed E-state index contributed by atoms with van der Waals surface area (Å²) in [7, 11) is 0. The number of alkyl halides is 3. The lowest BCUT2D eigenvalue weighted by Crippen LogP contribution is -2.33. The summed E-state index contributed by atoms with van der Waals surface area (Å²) in [6, 6.07) is 8.30. The second kappa shape index (κ2) is 7.26. The van der Waals surface area contributed by atoms with Crippen molar-refractivity contribution in [1.82, 2.24) is 0 Å². The molecule has 0 fully saturated rings. The summed E-state index contributed by atoms with van der Waals surface area (Å²) >= 11 is 0. The molecule has 0 saturated carbocycles. The van der Waals surface area contributed by atoms with Crippen molar-refractivity contribution in [3.05, 3.63) is 59.9 Å². The van der Waals surface area contributed by atoms with Crippen molar-refractivity contribution in [1.29, 1.82) is 0 Å². The van der Waals surface area contributed by atoms with Gasteiger partial charge in [-0.1, -0.05) is 6.07 Å². The predicted octanol–water partition coefficient (Wildman–Crippen LogP) is 3.66. The zero-order chi connectivity index (χ0) is 16.9. The van der Waals surface area contributed by atoms with Crippen molar-refractivity contribution in [3.8, 4) is 5.75 Å². The van der Waals surface area contributed by atoms with Crippen LogP contribution in [0.2, 0.25) is 0 Å². The van der Waals surface area contributed by atoms with E-state index < -0.39 is 11.7 Å². The van der Waals surface area contributed by atoms with Crippen molar-refractivity contribution in [2.24, 2.45) is 0 Å². The smallest absolute Gasteiger partial charge is 0.416 e. The molecule has 0 radical (unpaired) electrons. The summed E-state index contributed by atoms with van der Waals surface area (Å²) in [6.45, 7) is 2.46. The summed E-state index contributed by atoms with van der Waals surface area (Å²) in [5.74, 6) is 0.210. The van der Waals surface area contributed by atoms with Gasteiger partial charge in [-0.15, -0.1) is 0 Å². The fourth-order valence-corrected chi connectivity index (χ4v) is 2.04. The first-order valence-corrected chi connectivity index (χ1v) is 7.16. The maximum atomic E-state index is 12.6. The SMILES string of the molecule is CC(=O)c1cc[n+](CCCOc2cccc(C(F)(F)F)c2)cc1. The van der Waals surface area contributed by atoms with Crippen molar-refractivity contribution in [2.75, 3.05) is 6.61 Å². The molecule has 2 rings (SSSR count). The number of pyridine rings is 1. The number of aryl methyl sites for hydroxylation is 1. The number of ketones is 1. The van der Waals surface area contributed by atoms with E-state index in [9.17, 15) is 18.0 Å². The highest BCUT2D eigenvalue weighted by Crippen LogP contribution is 2.31. The van der Waals surface area contributed by atoms with Crippen LogP contribution in [0.25, 0.3) is 0 Å².